The number of hydrogen-bond donors (Lipinski definition) is 2. The summed E-state index contributed by atoms with van der Waals surface area (Å²) >= 11 is 0. The van der Waals surface area contributed by atoms with Crippen molar-refractivity contribution in [2.75, 3.05) is 57.5 Å². The predicted octanol–water partition coefficient (Wildman–Crippen LogP) is 3.99. The topological polar surface area (TPSA) is 110 Å². The number of anilines is 3. The van der Waals surface area contributed by atoms with E-state index < -0.39 is 18.7 Å². The van der Waals surface area contributed by atoms with Gasteiger partial charge in [0.15, 0.2) is 0 Å². The first-order valence-electron chi connectivity index (χ1n) is 12.3. The molecule has 0 atom stereocenters. The van der Waals surface area contributed by atoms with Gasteiger partial charge in [-0.2, -0.15) is 0 Å². The number of hydrogen-bond acceptors (Lipinski definition) is 8. The molecule has 2 aliphatic rings. The molecule has 198 valence electrons. The van der Waals surface area contributed by atoms with Crippen LogP contribution in [0.1, 0.15) is 24.2 Å². The Bertz CT molecular complexity index is 1570. The summed E-state index contributed by atoms with van der Waals surface area (Å²) in [7, 11) is 7.67. The van der Waals surface area contributed by atoms with Gasteiger partial charge in [0.1, 0.15) is 25.4 Å². The third-order valence-electron chi connectivity index (χ3n) is 6.56. The quantitative estimate of drug-likeness (QED) is 0.125. The average molecular weight is 518 g/mol. The summed E-state index contributed by atoms with van der Waals surface area (Å²) in [5.41, 5.74) is 11.3. The van der Waals surface area contributed by atoms with Gasteiger partial charge in [0.2, 0.25) is 12.2 Å². The van der Waals surface area contributed by atoms with E-state index in [1.165, 1.54) is 6.92 Å². The molecule has 9 heteroatoms. The lowest BCUT2D eigenvalue weighted by molar-refractivity contribution is -0.149. The maximum atomic E-state index is 13.3. The zero-order chi connectivity index (χ0) is 27.6. The van der Waals surface area contributed by atoms with Crippen LogP contribution in [0.3, 0.4) is 0 Å². The monoisotopic (exact) mass is 517 g/mol. The van der Waals surface area contributed by atoms with Gasteiger partial charge in [-0.25, -0.2) is 9.37 Å². The highest BCUT2D eigenvalue weighted by atomic mass is 16.7. The van der Waals surface area contributed by atoms with Gasteiger partial charge in [0.05, 0.1) is 23.0 Å². The number of carbonyl (C=O) groups is 2. The van der Waals surface area contributed by atoms with Crippen LogP contribution in [0, 0.1) is 0 Å². The lowest BCUT2D eigenvalue weighted by Gasteiger charge is -2.21. The number of nitrogens with zero attached hydrogens (tertiary/aromatic N) is 2. The van der Waals surface area contributed by atoms with E-state index in [0.29, 0.717) is 22.6 Å². The van der Waals surface area contributed by atoms with Crippen molar-refractivity contribution in [1.29, 1.82) is 0 Å². The molecular formula is C29H33N4O5+. The molecule has 0 amide bonds. The van der Waals surface area contributed by atoms with E-state index >= 15 is 0 Å². The lowest BCUT2D eigenvalue weighted by atomic mass is 9.89. The van der Waals surface area contributed by atoms with Crippen LogP contribution in [-0.2, 0) is 14.3 Å². The highest BCUT2D eigenvalue weighted by Crippen LogP contribution is 2.44. The highest BCUT2D eigenvalue weighted by Gasteiger charge is 2.26. The minimum absolute atomic E-state index is 0.171. The lowest BCUT2D eigenvalue weighted by Crippen LogP contribution is -2.21. The number of fused-ring (bicyclic) bond motifs is 2. The van der Waals surface area contributed by atoms with E-state index in [1.54, 1.807) is 7.05 Å². The van der Waals surface area contributed by atoms with Crippen molar-refractivity contribution >= 4 is 40.0 Å². The largest absolute Gasteiger partial charge is 0.456 e. The molecule has 0 radical (unpaired) electrons. The first-order chi connectivity index (χ1) is 18.2. The molecular weight excluding hydrogens is 484 g/mol. The maximum absolute atomic E-state index is 13.3. The van der Waals surface area contributed by atoms with Gasteiger partial charge in [-0.1, -0.05) is 6.07 Å². The van der Waals surface area contributed by atoms with Gasteiger partial charge in [0, 0.05) is 61.9 Å². The Morgan fingerprint density at radius 1 is 1.05 bits per heavy atom. The van der Waals surface area contributed by atoms with Gasteiger partial charge in [-0.05, 0) is 36.8 Å². The molecule has 9 nitrogen and oxygen atoms in total. The molecule has 0 bridgehead atoms. The summed E-state index contributed by atoms with van der Waals surface area (Å²) in [6, 6.07) is 15.6. The number of nitrogens with one attached hydrogen (secondary N) is 1. The van der Waals surface area contributed by atoms with Crippen LogP contribution in [0.15, 0.2) is 52.9 Å². The molecule has 1 aliphatic carbocycles. The van der Waals surface area contributed by atoms with Gasteiger partial charge in [-0.15, -0.1) is 0 Å². The summed E-state index contributed by atoms with van der Waals surface area (Å²) in [6.07, 6.45) is 0. The third kappa shape index (κ3) is 5.00. The zero-order valence-electron chi connectivity index (χ0n) is 22.5. The minimum Gasteiger partial charge on any atom is -0.456 e. The van der Waals surface area contributed by atoms with Crippen molar-refractivity contribution in [3.63, 3.8) is 0 Å². The first-order valence-corrected chi connectivity index (χ1v) is 12.3. The fraction of sp³-hybridized carbons (Fsp3) is 0.276. The Morgan fingerprint density at radius 2 is 1.79 bits per heavy atom. The molecule has 2 aromatic carbocycles. The van der Waals surface area contributed by atoms with E-state index in [4.69, 9.17) is 19.6 Å². The van der Waals surface area contributed by atoms with Crippen LogP contribution in [0.2, 0.25) is 0 Å². The molecule has 38 heavy (non-hydrogen) atoms. The predicted molar refractivity (Wildman–Crippen MR) is 150 cm³/mol. The number of carbonyl (C=O) groups excluding carboxylic acids is 2. The van der Waals surface area contributed by atoms with Crippen LogP contribution in [0.25, 0.3) is 33.4 Å². The van der Waals surface area contributed by atoms with E-state index in [0.717, 1.165) is 34.1 Å². The normalized spacial score (nSPS) is 10.9. The summed E-state index contributed by atoms with van der Waals surface area (Å²) in [5, 5.41) is 4.80. The van der Waals surface area contributed by atoms with Gasteiger partial charge in [-0.3, -0.25) is 4.79 Å². The smallest absolute Gasteiger partial charge is 0.343 e. The Morgan fingerprint density at radius 3 is 2.45 bits per heavy atom. The van der Waals surface area contributed by atoms with E-state index in [2.05, 4.69) is 17.1 Å². The first kappa shape index (κ1) is 26.5. The Labute approximate surface area is 221 Å². The highest BCUT2D eigenvalue weighted by molar-refractivity contribution is 6.12. The van der Waals surface area contributed by atoms with Gasteiger partial charge < -0.3 is 29.8 Å². The number of nitrogens with two attached hydrogens (primary N) is 1. The van der Waals surface area contributed by atoms with Gasteiger partial charge in [0.25, 0.3) is 0 Å². The SMILES string of the molecule is CCN(C)c1ccc2c(-c3ccc(NC)c(N)c3C(=O)OCOC(C)=O)c3ccc(=[N+](C)C)cc-3oc2c1. The van der Waals surface area contributed by atoms with Crippen LogP contribution in [0.5, 0.6) is 0 Å². The summed E-state index contributed by atoms with van der Waals surface area (Å²) in [6.45, 7) is 3.64. The third-order valence-corrected chi connectivity index (χ3v) is 6.56. The molecule has 0 saturated heterocycles. The van der Waals surface area contributed by atoms with Crippen LogP contribution in [-0.4, -0.2) is 53.5 Å². The number of nitrogen functional groups attached to an aromatic ring is 1. The molecule has 2 aromatic rings. The molecule has 0 saturated carbocycles. The molecule has 1 aliphatic heterocycles. The fourth-order valence-corrected chi connectivity index (χ4v) is 4.36. The molecule has 0 spiro atoms. The van der Waals surface area contributed by atoms with Crippen molar-refractivity contribution in [2.24, 2.45) is 0 Å². The van der Waals surface area contributed by atoms with Crippen molar-refractivity contribution in [3.05, 3.63) is 59.5 Å². The van der Waals surface area contributed by atoms with E-state index in [9.17, 15) is 9.59 Å². The fourth-order valence-electron chi connectivity index (χ4n) is 4.36. The molecule has 0 unspecified atom stereocenters. The number of ether oxygens (including phenoxy) is 2. The van der Waals surface area contributed by atoms with Crippen LogP contribution < -0.4 is 25.9 Å². The standard InChI is InChI=1S/C29H32N4O5/c1-7-33(6)19-9-11-21-25(15-19)38-24-14-18(32(4)5)8-10-20(24)26(21)22-12-13-23(31-3)28(30)27(22)29(35)37-16-36-17(2)34/h8-15H,7,16H2,1-6H3,(H2,30,35)/p+1. The molecule has 0 aromatic heterocycles. The van der Waals surface area contributed by atoms with Crippen LogP contribution in [0.4, 0.5) is 17.1 Å². The number of rotatable bonds is 7. The molecule has 4 rings (SSSR count). The summed E-state index contributed by atoms with van der Waals surface area (Å²) in [4.78, 5) is 26.7. The average Bonchev–Trinajstić information content (AvgIpc) is 2.90. The van der Waals surface area contributed by atoms with E-state index in [-0.39, 0.29) is 11.3 Å². The Balaban J connectivity index is 2.07. The summed E-state index contributed by atoms with van der Waals surface area (Å²) < 4.78 is 18.6. The number of esters is 2. The minimum atomic E-state index is -0.704. The Hall–Kier alpha value is -4.53. The second kappa shape index (κ2) is 10.8. The summed E-state index contributed by atoms with van der Waals surface area (Å²) in [5.74, 6) is -0.600. The molecule has 3 N–H and O–H groups in total. The zero-order valence-corrected chi connectivity index (χ0v) is 22.5. The van der Waals surface area contributed by atoms with Crippen molar-refractivity contribution in [3.8, 4) is 22.5 Å². The molecule has 0 fully saturated rings. The Kier molecular flexibility index (Phi) is 7.57. The second-order valence-corrected chi connectivity index (χ2v) is 9.13. The van der Waals surface area contributed by atoms with Crippen LogP contribution >= 0.6 is 0 Å². The van der Waals surface area contributed by atoms with Crippen molar-refractivity contribution in [1.82, 2.24) is 4.58 Å². The second-order valence-electron chi connectivity index (χ2n) is 9.13. The molecule has 1 heterocycles. The van der Waals surface area contributed by atoms with Crippen molar-refractivity contribution in [2.45, 2.75) is 13.8 Å². The van der Waals surface area contributed by atoms with E-state index in [1.807, 2.05) is 74.2 Å². The van der Waals surface area contributed by atoms with Gasteiger partial charge >= 0.3 is 11.9 Å². The van der Waals surface area contributed by atoms with Crippen molar-refractivity contribution < 1.29 is 23.5 Å². The number of benzene rings is 3. The maximum Gasteiger partial charge on any atom is 0.343 e.